The lowest BCUT2D eigenvalue weighted by Crippen LogP contribution is -2.25. The van der Waals surface area contributed by atoms with Crippen molar-refractivity contribution >= 4 is 89.8 Å². The van der Waals surface area contributed by atoms with E-state index in [0.29, 0.717) is 18.0 Å². The molecule has 7 nitrogen and oxygen atoms in total. The van der Waals surface area contributed by atoms with E-state index in [1.165, 1.54) is 46.2 Å². The SMILES string of the molecule is CCCCNC(=O)CSc1nc2ccc(NC(=O)CSc3nc4ccc(N)cc4s3)cc2s1. The molecule has 2 aromatic heterocycles. The summed E-state index contributed by atoms with van der Waals surface area (Å²) in [5, 5.41) is 5.85. The number of carbonyl (C=O) groups excluding carboxylic acids is 2. The number of nitrogens with two attached hydrogens (primary N) is 1. The lowest BCUT2D eigenvalue weighted by Gasteiger charge is -2.03. The average Bonchev–Trinajstić information content (AvgIpc) is 3.39. The van der Waals surface area contributed by atoms with Crippen LogP contribution in [-0.2, 0) is 9.59 Å². The number of anilines is 2. The van der Waals surface area contributed by atoms with E-state index in [-0.39, 0.29) is 17.6 Å². The molecule has 0 aliphatic rings. The van der Waals surface area contributed by atoms with Crippen molar-refractivity contribution in [2.24, 2.45) is 0 Å². The van der Waals surface area contributed by atoms with Crippen molar-refractivity contribution in [1.82, 2.24) is 15.3 Å². The van der Waals surface area contributed by atoms with Gasteiger partial charge in [-0.15, -0.1) is 22.7 Å². The van der Waals surface area contributed by atoms with E-state index in [0.717, 1.165) is 47.6 Å². The summed E-state index contributed by atoms with van der Waals surface area (Å²) in [6.45, 7) is 2.81. The summed E-state index contributed by atoms with van der Waals surface area (Å²) < 4.78 is 3.66. The second kappa shape index (κ2) is 11.2. The molecule has 0 bridgehead atoms. The summed E-state index contributed by atoms with van der Waals surface area (Å²) in [6.07, 6.45) is 2.04. The molecule has 0 spiro atoms. The molecule has 4 N–H and O–H groups in total. The number of nitrogen functional groups attached to an aromatic ring is 1. The Bertz CT molecular complexity index is 1290. The number of aromatic nitrogens is 2. The molecule has 11 heteroatoms. The second-order valence-corrected chi connectivity index (χ2v) is 11.7. The third-order valence-corrected chi connectivity index (χ3v) is 8.87. The Morgan fingerprint density at radius 1 is 0.939 bits per heavy atom. The maximum atomic E-state index is 12.4. The van der Waals surface area contributed by atoms with Crippen LogP contribution >= 0.6 is 46.2 Å². The van der Waals surface area contributed by atoms with Gasteiger partial charge in [-0.1, -0.05) is 36.9 Å². The van der Waals surface area contributed by atoms with Crippen molar-refractivity contribution in [2.45, 2.75) is 28.4 Å². The standard InChI is InChI=1S/C22H23N5O2S4/c1-2-3-8-24-19(28)11-30-21-27-16-7-5-14(10-18(16)33-21)25-20(29)12-31-22-26-15-6-4-13(23)9-17(15)32-22/h4-7,9-10H,2-3,8,11-12,23H2,1H3,(H,24,28)(H,25,29). The Morgan fingerprint density at radius 2 is 1.58 bits per heavy atom. The molecule has 2 heterocycles. The zero-order chi connectivity index (χ0) is 23.2. The van der Waals surface area contributed by atoms with E-state index in [1.807, 2.05) is 36.4 Å². The summed E-state index contributed by atoms with van der Waals surface area (Å²) in [4.78, 5) is 33.5. The number of fused-ring (bicyclic) bond motifs is 2. The van der Waals surface area contributed by atoms with Crippen LogP contribution in [-0.4, -0.2) is 39.8 Å². The van der Waals surface area contributed by atoms with Gasteiger partial charge in [0.2, 0.25) is 11.8 Å². The summed E-state index contributed by atoms with van der Waals surface area (Å²) in [7, 11) is 0. The first-order valence-corrected chi connectivity index (χ1v) is 14.0. The number of nitrogens with one attached hydrogen (secondary N) is 2. The largest absolute Gasteiger partial charge is 0.399 e. The molecule has 172 valence electrons. The molecule has 0 aliphatic carbocycles. The predicted octanol–water partition coefficient (Wildman–Crippen LogP) is 5.23. The Balaban J connectivity index is 1.30. The zero-order valence-electron chi connectivity index (χ0n) is 17.9. The van der Waals surface area contributed by atoms with E-state index < -0.39 is 0 Å². The number of thioether (sulfide) groups is 2. The number of unbranched alkanes of at least 4 members (excludes halogenated alkanes) is 1. The molecule has 33 heavy (non-hydrogen) atoms. The number of rotatable bonds is 10. The van der Waals surface area contributed by atoms with Gasteiger partial charge in [0.15, 0.2) is 8.68 Å². The topological polar surface area (TPSA) is 110 Å². The van der Waals surface area contributed by atoms with Crippen molar-refractivity contribution in [3.63, 3.8) is 0 Å². The zero-order valence-corrected chi connectivity index (χ0v) is 21.2. The van der Waals surface area contributed by atoms with Crippen LogP contribution in [0.1, 0.15) is 19.8 Å². The number of benzene rings is 2. The Kier molecular flexibility index (Phi) is 8.07. The molecule has 0 saturated carbocycles. The second-order valence-electron chi connectivity index (χ2n) is 7.20. The highest BCUT2D eigenvalue weighted by molar-refractivity contribution is 8.02. The van der Waals surface area contributed by atoms with E-state index in [1.54, 1.807) is 0 Å². The molecule has 0 atom stereocenters. The number of carbonyl (C=O) groups is 2. The molecular formula is C22H23N5O2S4. The van der Waals surface area contributed by atoms with Crippen molar-refractivity contribution in [3.8, 4) is 0 Å². The highest BCUT2D eigenvalue weighted by Crippen LogP contribution is 2.32. The highest BCUT2D eigenvalue weighted by Gasteiger charge is 2.11. The number of amides is 2. The lowest BCUT2D eigenvalue weighted by molar-refractivity contribution is -0.118. The molecule has 0 aliphatic heterocycles. The first-order chi connectivity index (χ1) is 16.0. The molecule has 0 unspecified atom stereocenters. The summed E-state index contributed by atoms with van der Waals surface area (Å²) in [5.74, 6) is 0.545. The van der Waals surface area contributed by atoms with Crippen LogP contribution < -0.4 is 16.4 Å². The minimum atomic E-state index is -0.0963. The number of hydrogen-bond acceptors (Lipinski definition) is 9. The van der Waals surface area contributed by atoms with E-state index in [2.05, 4.69) is 27.5 Å². The molecule has 2 aromatic carbocycles. The fourth-order valence-electron chi connectivity index (χ4n) is 2.93. The molecule has 0 saturated heterocycles. The molecule has 4 rings (SSSR count). The Labute approximate surface area is 208 Å². The summed E-state index contributed by atoms with van der Waals surface area (Å²) >= 11 is 5.89. The van der Waals surface area contributed by atoms with Crippen molar-refractivity contribution in [1.29, 1.82) is 0 Å². The van der Waals surface area contributed by atoms with Crippen molar-refractivity contribution in [2.75, 3.05) is 29.1 Å². The van der Waals surface area contributed by atoms with Gasteiger partial charge in [0.1, 0.15) is 0 Å². The maximum absolute atomic E-state index is 12.4. The van der Waals surface area contributed by atoms with Crippen LogP contribution in [0.25, 0.3) is 20.4 Å². The van der Waals surface area contributed by atoms with Crippen LogP contribution in [0.4, 0.5) is 11.4 Å². The van der Waals surface area contributed by atoms with Crippen LogP contribution in [0, 0.1) is 0 Å². The smallest absolute Gasteiger partial charge is 0.234 e. The van der Waals surface area contributed by atoms with Crippen LogP contribution in [0.5, 0.6) is 0 Å². The fourth-order valence-corrected chi connectivity index (χ4v) is 6.79. The highest BCUT2D eigenvalue weighted by atomic mass is 32.2. The summed E-state index contributed by atoms with van der Waals surface area (Å²) in [6, 6.07) is 11.3. The molecule has 2 amide bonds. The molecule has 4 aromatic rings. The van der Waals surface area contributed by atoms with Crippen LogP contribution in [0.15, 0.2) is 45.1 Å². The van der Waals surface area contributed by atoms with Gasteiger partial charge in [0, 0.05) is 17.9 Å². The normalized spacial score (nSPS) is 11.2. The third kappa shape index (κ3) is 6.59. The average molecular weight is 518 g/mol. The minimum Gasteiger partial charge on any atom is -0.399 e. The molecule has 0 radical (unpaired) electrons. The Hall–Kier alpha value is -2.34. The fraction of sp³-hybridized carbons (Fsp3) is 0.273. The lowest BCUT2D eigenvalue weighted by atomic mass is 10.3. The Morgan fingerprint density at radius 3 is 2.27 bits per heavy atom. The number of thiazole rings is 2. The third-order valence-electron chi connectivity index (χ3n) is 4.55. The number of hydrogen-bond donors (Lipinski definition) is 3. The van der Waals surface area contributed by atoms with E-state index >= 15 is 0 Å². The minimum absolute atomic E-state index is 0.0229. The van der Waals surface area contributed by atoms with Gasteiger partial charge < -0.3 is 16.4 Å². The van der Waals surface area contributed by atoms with Gasteiger partial charge in [0.25, 0.3) is 0 Å². The van der Waals surface area contributed by atoms with Gasteiger partial charge in [-0.3, -0.25) is 9.59 Å². The number of nitrogens with zero attached hydrogens (tertiary/aromatic N) is 2. The van der Waals surface area contributed by atoms with Gasteiger partial charge >= 0.3 is 0 Å². The monoisotopic (exact) mass is 517 g/mol. The first-order valence-electron chi connectivity index (χ1n) is 10.4. The molecular weight excluding hydrogens is 495 g/mol. The maximum Gasteiger partial charge on any atom is 0.234 e. The quantitative estimate of drug-likeness (QED) is 0.150. The van der Waals surface area contributed by atoms with Crippen LogP contribution in [0.3, 0.4) is 0 Å². The van der Waals surface area contributed by atoms with Gasteiger partial charge in [-0.25, -0.2) is 9.97 Å². The predicted molar refractivity (Wildman–Crippen MR) is 142 cm³/mol. The summed E-state index contributed by atoms with van der Waals surface area (Å²) in [5.41, 5.74) is 8.99. The first kappa shape index (κ1) is 23.8. The van der Waals surface area contributed by atoms with Gasteiger partial charge in [-0.05, 0) is 42.8 Å². The van der Waals surface area contributed by atoms with E-state index in [9.17, 15) is 9.59 Å². The van der Waals surface area contributed by atoms with Crippen molar-refractivity contribution < 1.29 is 9.59 Å². The van der Waals surface area contributed by atoms with Crippen LogP contribution in [0.2, 0.25) is 0 Å². The van der Waals surface area contributed by atoms with Gasteiger partial charge in [0.05, 0.1) is 31.9 Å². The molecule has 0 fully saturated rings. The van der Waals surface area contributed by atoms with Gasteiger partial charge in [-0.2, -0.15) is 0 Å². The van der Waals surface area contributed by atoms with E-state index in [4.69, 9.17) is 5.73 Å². The van der Waals surface area contributed by atoms with Crippen molar-refractivity contribution in [3.05, 3.63) is 36.4 Å².